The molecule has 0 rings (SSSR count). The van der Waals surface area contributed by atoms with Crippen LogP contribution in [0.1, 0.15) is 0 Å². The summed E-state index contributed by atoms with van der Waals surface area (Å²) in [6, 6.07) is 0. The molecular weight excluding hydrogens is 92.1 g/mol. The van der Waals surface area contributed by atoms with Crippen molar-refractivity contribution in [3.05, 3.63) is 6.42 Å². The van der Waals surface area contributed by atoms with Crippen LogP contribution in [0.25, 0.3) is 0 Å². The minimum Gasteiger partial charge on any atom is -0.384 e. The fraction of sp³-hybridized carbons (Fsp3) is 0.800. The number of hydrogen-bond donors (Lipinski definition) is 0. The van der Waals surface area contributed by atoms with Gasteiger partial charge in [0.1, 0.15) is 0 Å². The van der Waals surface area contributed by atoms with Gasteiger partial charge in [-0.3, -0.25) is 0 Å². The van der Waals surface area contributed by atoms with E-state index in [2.05, 4.69) is 15.9 Å². The van der Waals surface area contributed by atoms with Crippen molar-refractivity contribution < 1.29 is 9.47 Å². The first kappa shape index (κ1) is 6.92. The van der Waals surface area contributed by atoms with Crippen molar-refractivity contribution in [2.45, 2.75) is 0 Å². The fourth-order valence-electron chi connectivity index (χ4n) is 0.246. The maximum Gasteiger partial charge on any atom is 0.0555 e. The molecule has 7 heavy (non-hydrogen) atoms. The van der Waals surface area contributed by atoms with Gasteiger partial charge in [-0.2, -0.15) is 0 Å². The van der Waals surface area contributed by atoms with Crippen molar-refractivity contribution in [3.63, 3.8) is 0 Å². The molecule has 2 radical (unpaired) electrons. The highest BCUT2D eigenvalue weighted by molar-refractivity contribution is 4.59. The van der Waals surface area contributed by atoms with Crippen molar-refractivity contribution >= 4 is 0 Å². The summed E-state index contributed by atoms with van der Waals surface area (Å²) in [6.07, 6.45) is 2.84. The predicted octanol–water partition coefficient (Wildman–Crippen LogP) is 0.360. The maximum atomic E-state index is 4.65. The third kappa shape index (κ3) is 5.92. The van der Waals surface area contributed by atoms with Crippen LogP contribution in [0.15, 0.2) is 0 Å². The third-order valence-corrected chi connectivity index (χ3v) is 0.493. The van der Waals surface area contributed by atoms with Gasteiger partial charge in [-0.25, -0.2) is 0 Å². The van der Waals surface area contributed by atoms with Crippen LogP contribution < -0.4 is 0 Å². The van der Waals surface area contributed by atoms with Gasteiger partial charge in [-0.1, -0.05) is 0 Å². The SMILES string of the molecule is COC[C]COC. The van der Waals surface area contributed by atoms with Gasteiger partial charge in [-0.15, -0.1) is 0 Å². The predicted molar refractivity (Wildman–Crippen MR) is 27.0 cm³/mol. The van der Waals surface area contributed by atoms with Gasteiger partial charge >= 0.3 is 0 Å². The molecule has 0 aromatic heterocycles. The van der Waals surface area contributed by atoms with Gasteiger partial charge in [0.15, 0.2) is 0 Å². The molecule has 0 aliphatic carbocycles. The highest BCUT2D eigenvalue weighted by Crippen LogP contribution is 1.76. The van der Waals surface area contributed by atoms with Crippen LogP contribution in [0.5, 0.6) is 0 Å². The van der Waals surface area contributed by atoms with E-state index in [1.54, 1.807) is 14.2 Å². The summed E-state index contributed by atoms with van der Waals surface area (Å²) in [5.74, 6) is 0. The van der Waals surface area contributed by atoms with E-state index in [0.29, 0.717) is 13.2 Å². The highest BCUT2D eigenvalue weighted by Gasteiger charge is 1.81. The zero-order valence-corrected chi connectivity index (χ0v) is 4.73. The van der Waals surface area contributed by atoms with Gasteiger partial charge in [0.2, 0.25) is 0 Å². The Morgan fingerprint density at radius 3 is 1.86 bits per heavy atom. The van der Waals surface area contributed by atoms with Crippen LogP contribution in [0.3, 0.4) is 0 Å². The maximum absolute atomic E-state index is 4.65. The van der Waals surface area contributed by atoms with Gasteiger partial charge in [0.25, 0.3) is 0 Å². The zero-order valence-electron chi connectivity index (χ0n) is 4.73. The summed E-state index contributed by atoms with van der Waals surface area (Å²) in [5.41, 5.74) is 0. The topological polar surface area (TPSA) is 18.5 Å². The van der Waals surface area contributed by atoms with Crippen molar-refractivity contribution in [2.24, 2.45) is 0 Å². The molecule has 0 fully saturated rings. The first-order valence-corrected chi connectivity index (χ1v) is 2.10. The molecule has 0 aromatic carbocycles. The Bertz CT molecular complexity index is 25.3. The average molecular weight is 102 g/mol. The molecule has 0 aliphatic heterocycles. The molecule has 42 valence electrons. The second-order valence-corrected chi connectivity index (χ2v) is 1.12. The minimum atomic E-state index is 0.549. The van der Waals surface area contributed by atoms with E-state index in [0.717, 1.165) is 0 Å². The van der Waals surface area contributed by atoms with Crippen molar-refractivity contribution in [1.29, 1.82) is 0 Å². The monoisotopic (exact) mass is 102 g/mol. The molecular formula is C5H10O2. The molecule has 0 bridgehead atoms. The molecule has 0 saturated carbocycles. The smallest absolute Gasteiger partial charge is 0.0555 e. The van der Waals surface area contributed by atoms with Crippen LogP contribution in [0.4, 0.5) is 0 Å². The summed E-state index contributed by atoms with van der Waals surface area (Å²) in [5, 5.41) is 0. The lowest BCUT2D eigenvalue weighted by molar-refractivity contribution is 0.178. The lowest BCUT2D eigenvalue weighted by Gasteiger charge is -1.93. The minimum absolute atomic E-state index is 0.549. The lowest BCUT2D eigenvalue weighted by Crippen LogP contribution is -1.95. The molecule has 0 aromatic rings. The van der Waals surface area contributed by atoms with E-state index in [1.807, 2.05) is 0 Å². The van der Waals surface area contributed by atoms with Gasteiger partial charge in [0, 0.05) is 20.6 Å². The molecule has 0 heterocycles. The Morgan fingerprint density at radius 1 is 1.14 bits per heavy atom. The highest BCUT2D eigenvalue weighted by atomic mass is 16.5. The Hall–Kier alpha value is -0.0800. The Morgan fingerprint density at radius 2 is 1.57 bits per heavy atom. The largest absolute Gasteiger partial charge is 0.384 e. The van der Waals surface area contributed by atoms with E-state index in [1.165, 1.54) is 0 Å². The molecule has 0 spiro atoms. The fourth-order valence-corrected chi connectivity index (χ4v) is 0.246. The van der Waals surface area contributed by atoms with E-state index in [-0.39, 0.29) is 0 Å². The molecule has 0 unspecified atom stereocenters. The first-order valence-electron chi connectivity index (χ1n) is 2.10. The van der Waals surface area contributed by atoms with E-state index in [4.69, 9.17) is 0 Å². The Kier molecular flexibility index (Phi) is 5.85. The van der Waals surface area contributed by atoms with Crippen molar-refractivity contribution in [1.82, 2.24) is 0 Å². The van der Waals surface area contributed by atoms with Crippen LogP contribution >= 0.6 is 0 Å². The molecule has 2 heteroatoms. The second kappa shape index (κ2) is 5.92. The number of methoxy groups -OCH3 is 2. The number of ether oxygens (including phenoxy) is 2. The van der Waals surface area contributed by atoms with E-state index < -0.39 is 0 Å². The third-order valence-electron chi connectivity index (χ3n) is 0.493. The molecule has 0 aliphatic rings. The number of rotatable bonds is 4. The molecule has 0 saturated heterocycles. The summed E-state index contributed by atoms with van der Waals surface area (Å²) < 4.78 is 9.31. The summed E-state index contributed by atoms with van der Waals surface area (Å²) in [6.45, 7) is 1.10. The van der Waals surface area contributed by atoms with Crippen LogP contribution in [0.2, 0.25) is 0 Å². The van der Waals surface area contributed by atoms with Crippen molar-refractivity contribution in [3.8, 4) is 0 Å². The first-order chi connectivity index (χ1) is 3.41. The molecule has 0 amide bonds. The Labute approximate surface area is 44.4 Å². The Balaban J connectivity index is 2.45. The van der Waals surface area contributed by atoms with Gasteiger partial charge in [-0.05, 0) is 0 Å². The van der Waals surface area contributed by atoms with Crippen LogP contribution in [-0.2, 0) is 9.47 Å². The van der Waals surface area contributed by atoms with Crippen LogP contribution in [-0.4, -0.2) is 27.4 Å². The summed E-state index contributed by atoms with van der Waals surface area (Å²) >= 11 is 0. The molecule has 2 nitrogen and oxygen atoms in total. The standard InChI is InChI=1S/C5H10O2/c1-6-4-3-5-7-2/h4-5H2,1-2H3. The molecule has 0 N–H and O–H groups in total. The second-order valence-electron chi connectivity index (χ2n) is 1.12. The van der Waals surface area contributed by atoms with E-state index >= 15 is 0 Å². The van der Waals surface area contributed by atoms with Gasteiger partial charge in [0.05, 0.1) is 13.2 Å². The zero-order chi connectivity index (χ0) is 5.54. The van der Waals surface area contributed by atoms with Crippen molar-refractivity contribution in [2.75, 3.05) is 27.4 Å². The van der Waals surface area contributed by atoms with E-state index in [9.17, 15) is 0 Å². The van der Waals surface area contributed by atoms with Crippen LogP contribution in [0, 0.1) is 6.42 Å². The quantitative estimate of drug-likeness (QED) is 0.477. The summed E-state index contributed by atoms with van der Waals surface area (Å²) in [4.78, 5) is 0. The summed E-state index contributed by atoms with van der Waals surface area (Å²) in [7, 11) is 3.26. The van der Waals surface area contributed by atoms with Gasteiger partial charge < -0.3 is 9.47 Å². The number of hydrogen-bond acceptors (Lipinski definition) is 2. The normalized spacial score (nSPS) is 9.43. The average Bonchev–Trinajstić information content (AvgIpc) is 1.69. The lowest BCUT2D eigenvalue weighted by atomic mass is 10.5. The molecule has 0 atom stereocenters.